The average Bonchev–Trinajstić information content (AvgIpc) is 2.70. The second-order valence-electron chi connectivity index (χ2n) is 6.65. The maximum Gasteiger partial charge on any atom is 0.244 e. The Morgan fingerprint density at radius 2 is 1.69 bits per heavy atom. The monoisotopic (exact) mass is 420 g/mol. The zero-order valence-electron chi connectivity index (χ0n) is 17.4. The first-order valence-corrected chi connectivity index (χ1v) is 11.1. The van der Waals surface area contributed by atoms with Crippen molar-refractivity contribution in [1.82, 2.24) is 5.32 Å². The molecule has 0 bridgehead atoms. The quantitative estimate of drug-likeness (QED) is 0.674. The zero-order valence-corrected chi connectivity index (χ0v) is 18.2. The van der Waals surface area contributed by atoms with E-state index >= 15 is 0 Å². The molecule has 0 aliphatic carbocycles. The molecule has 8 heteroatoms. The van der Waals surface area contributed by atoms with E-state index in [1.165, 1.54) is 7.11 Å². The number of amides is 1. The largest absolute Gasteiger partial charge is 0.497 e. The van der Waals surface area contributed by atoms with Crippen LogP contribution in [0.15, 0.2) is 48.5 Å². The van der Waals surface area contributed by atoms with E-state index in [0.717, 1.165) is 16.1 Å². The molecule has 0 aliphatic heterocycles. The number of carbonyl (C=O) groups is 1. The Hall–Kier alpha value is -2.74. The Labute approximate surface area is 172 Å². The smallest absolute Gasteiger partial charge is 0.244 e. The number of anilines is 1. The molecule has 2 aromatic rings. The number of hydrogen-bond acceptors (Lipinski definition) is 5. The standard InChI is InChI=1S/C21H28N2O5S/c1-6-19(21(24)22-15(2)18-9-7-8-10-20(18)28-4)23(29(5,25)26)16-11-13-17(27-3)14-12-16/h7-15,19H,6H2,1-5H3,(H,22,24)/t15-,19+/m1/s1. The Morgan fingerprint density at radius 3 is 2.21 bits per heavy atom. The number of nitrogens with one attached hydrogen (secondary N) is 1. The summed E-state index contributed by atoms with van der Waals surface area (Å²) >= 11 is 0. The van der Waals surface area contributed by atoms with Gasteiger partial charge >= 0.3 is 0 Å². The molecule has 0 saturated carbocycles. The second kappa shape index (κ2) is 9.65. The number of carbonyl (C=O) groups excluding carboxylic acids is 1. The van der Waals surface area contributed by atoms with Crippen molar-refractivity contribution >= 4 is 21.6 Å². The molecule has 0 radical (unpaired) electrons. The number of sulfonamides is 1. The first-order valence-electron chi connectivity index (χ1n) is 9.29. The van der Waals surface area contributed by atoms with E-state index in [1.807, 2.05) is 31.2 Å². The summed E-state index contributed by atoms with van der Waals surface area (Å²) in [6, 6.07) is 12.7. The molecule has 7 nitrogen and oxygen atoms in total. The lowest BCUT2D eigenvalue weighted by Crippen LogP contribution is -2.49. The lowest BCUT2D eigenvalue weighted by Gasteiger charge is -2.31. The number of rotatable bonds is 9. The van der Waals surface area contributed by atoms with Gasteiger partial charge in [0.05, 0.1) is 32.2 Å². The van der Waals surface area contributed by atoms with E-state index in [4.69, 9.17) is 9.47 Å². The molecule has 0 aromatic heterocycles. The SMILES string of the molecule is CC[C@@H](C(=O)N[C@H](C)c1ccccc1OC)N(c1ccc(OC)cc1)S(C)(=O)=O. The fourth-order valence-corrected chi connectivity index (χ4v) is 4.41. The first-order chi connectivity index (χ1) is 13.7. The molecule has 0 saturated heterocycles. The highest BCUT2D eigenvalue weighted by atomic mass is 32.2. The summed E-state index contributed by atoms with van der Waals surface area (Å²) in [4.78, 5) is 13.1. The predicted molar refractivity (Wildman–Crippen MR) is 114 cm³/mol. The van der Waals surface area contributed by atoms with Crippen molar-refractivity contribution in [2.45, 2.75) is 32.4 Å². The van der Waals surface area contributed by atoms with Gasteiger partial charge in [0.2, 0.25) is 15.9 Å². The summed E-state index contributed by atoms with van der Waals surface area (Å²) in [6.45, 7) is 3.61. The van der Waals surface area contributed by atoms with Gasteiger partial charge in [0.15, 0.2) is 0 Å². The molecule has 0 spiro atoms. The number of hydrogen-bond donors (Lipinski definition) is 1. The van der Waals surface area contributed by atoms with E-state index < -0.39 is 16.1 Å². The van der Waals surface area contributed by atoms with Crippen LogP contribution in [-0.4, -0.2) is 40.8 Å². The van der Waals surface area contributed by atoms with E-state index in [0.29, 0.717) is 23.6 Å². The Bertz CT molecular complexity index is 928. The van der Waals surface area contributed by atoms with Crippen LogP contribution in [-0.2, 0) is 14.8 Å². The molecule has 29 heavy (non-hydrogen) atoms. The fourth-order valence-electron chi connectivity index (χ4n) is 3.20. The number of methoxy groups -OCH3 is 2. The van der Waals surface area contributed by atoms with Crippen LogP contribution in [0.25, 0.3) is 0 Å². The average molecular weight is 421 g/mol. The van der Waals surface area contributed by atoms with Gasteiger partial charge in [-0.1, -0.05) is 25.1 Å². The highest BCUT2D eigenvalue weighted by Crippen LogP contribution is 2.27. The van der Waals surface area contributed by atoms with Crippen LogP contribution in [0.1, 0.15) is 31.9 Å². The molecule has 2 aromatic carbocycles. The third-order valence-corrected chi connectivity index (χ3v) is 5.80. The van der Waals surface area contributed by atoms with Crippen LogP contribution in [0.3, 0.4) is 0 Å². The number of nitrogens with zero attached hydrogens (tertiary/aromatic N) is 1. The van der Waals surface area contributed by atoms with Crippen LogP contribution in [0, 0.1) is 0 Å². The van der Waals surface area contributed by atoms with Gasteiger partial charge in [-0.2, -0.15) is 0 Å². The first kappa shape index (κ1) is 22.5. The molecule has 0 heterocycles. The third kappa shape index (κ3) is 5.41. The molecule has 1 amide bonds. The molecular formula is C21H28N2O5S. The van der Waals surface area contributed by atoms with Gasteiger partial charge in [0.1, 0.15) is 17.5 Å². The van der Waals surface area contributed by atoms with Crippen molar-refractivity contribution in [3.05, 3.63) is 54.1 Å². The van der Waals surface area contributed by atoms with Crippen molar-refractivity contribution in [2.75, 3.05) is 24.8 Å². The van der Waals surface area contributed by atoms with E-state index in [1.54, 1.807) is 38.3 Å². The summed E-state index contributed by atoms with van der Waals surface area (Å²) in [6.07, 6.45) is 1.40. The summed E-state index contributed by atoms with van der Waals surface area (Å²) in [7, 11) is -0.601. The van der Waals surface area contributed by atoms with Crippen LogP contribution >= 0.6 is 0 Å². The Morgan fingerprint density at radius 1 is 1.07 bits per heavy atom. The maximum absolute atomic E-state index is 13.1. The summed E-state index contributed by atoms with van der Waals surface area (Å²) in [5, 5.41) is 2.92. The second-order valence-corrected chi connectivity index (χ2v) is 8.51. The van der Waals surface area contributed by atoms with E-state index in [2.05, 4.69) is 5.32 Å². The summed E-state index contributed by atoms with van der Waals surface area (Å²) in [5.74, 6) is 0.875. The molecular weight excluding hydrogens is 392 g/mol. The van der Waals surface area contributed by atoms with E-state index in [-0.39, 0.29) is 11.9 Å². The molecule has 158 valence electrons. The van der Waals surface area contributed by atoms with Crippen molar-refractivity contribution in [2.24, 2.45) is 0 Å². The van der Waals surface area contributed by atoms with Gasteiger partial charge in [-0.3, -0.25) is 9.10 Å². The minimum Gasteiger partial charge on any atom is -0.497 e. The minimum absolute atomic E-state index is 0.309. The lowest BCUT2D eigenvalue weighted by molar-refractivity contribution is -0.122. The van der Waals surface area contributed by atoms with Crippen molar-refractivity contribution < 1.29 is 22.7 Å². The molecule has 0 unspecified atom stereocenters. The highest BCUT2D eigenvalue weighted by molar-refractivity contribution is 7.92. The van der Waals surface area contributed by atoms with Gasteiger partial charge in [-0.05, 0) is 43.7 Å². The molecule has 0 aliphatic rings. The van der Waals surface area contributed by atoms with Gasteiger partial charge in [0.25, 0.3) is 0 Å². The molecule has 2 rings (SSSR count). The zero-order chi connectivity index (χ0) is 21.6. The van der Waals surface area contributed by atoms with Crippen LogP contribution < -0.4 is 19.1 Å². The third-order valence-electron chi connectivity index (χ3n) is 4.62. The normalized spacial score (nSPS) is 13.3. The lowest BCUT2D eigenvalue weighted by atomic mass is 10.1. The summed E-state index contributed by atoms with van der Waals surface area (Å²) < 4.78 is 36.7. The Balaban J connectivity index is 2.32. The van der Waals surface area contributed by atoms with Crippen molar-refractivity contribution in [3.63, 3.8) is 0 Å². The molecule has 0 fully saturated rings. The Kier molecular flexibility index (Phi) is 7.50. The number of benzene rings is 2. The van der Waals surface area contributed by atoms with Gasteiger partial charge < -0.3 is 14.8 Å². The summed E-state index contributed by atoms with van der Waals surface area (Å²) in [5.41, 5.74) is 1.22. The topological polar surface area (TPSA) is 84.9 Å². The van der Waals surface area contributed by atoms with Crippen LogP contribution in [0.5, 0.6) is 11.5 Å². The predicted octanol–water partition coefficient (Wildman–Crippen LogP) is 3.13. The van der Waals surface area contributed by atoms with Crippen LogP contribution in [0.2, 0.25) is 0 Å². The minimum atomic E-state index is -3.70. The van der Waals surface area contributed by atoms with E-state index in [9.17, 15) is 13.2 Å². The van der Waals surface area contributed by atoms with Crippen LogP contribution in [0.4, 0.5) is 5.69 Å². The van der Waals surface area contributed by atoms with Crippen molar-refractivity contribution in [1.29, 1.82) is 0 Å². The molecule has 2 atom stereocenters. The van der Waals surface area contributed by atoms with Gasteiger partial charge in [-0.15, -0.1) is 0 Å². The number of para-hydroxylation sites is 1. The molecule has 1 N–H and O–H groups in total. The van der Waals surface area contributed by atoms with Gasteiger partial charge in [0, 0.05) is 5.56 Å². The maximum atomic E-state index is 13.1. The van der Waals surface area contributed by atoms with Gasteiger partial charge in [-0.25, -0.2) is 8.42 Å². The fraction of sp³-hybridized carbons (Fsp3) is 0.381. The number of ether oxygens (including phenoxy) is 2. The van der Waals surface area contributed by atoms with Crippen molar-refractivity contribution in [3.8, 4) is 11.5 Å². The highest BCUT2D eigenvalue weighted by Gasteiger charge is 2.32.